The van der Waals surface area contributed by atoms with Crippen molar-refractivity contribution in [3.8, 4) is 11.5 Å². The number of fused-ring (bicyclic) bond motifs is 1. The normalized spacial score (nSPS) is 11.1. The number of H-pyrrole nitrogens is 1. The van der Waals surface area contributed by atoms with E-state index in [4.69, 9.17) is 9.26 Å². The van der Waals surface area contributed by atoms with Crippen molar-refractivity contribution < 1.29 is 9.26 Å². The molecular weight excluding hydrogens is 246 g/mol. The Morgan fingerprint density at radius 3 is 3.05 bits per heavy atom. The summed E-state index contributed by atoms with van der Waals surface area (Å²) in [7, 11) is 3.42. The third kappa shape index (κ3) is 2.15. The maximum atomic E-state index is 5.13. The highest BCUT2D eigenvalue weighted by atomic mass is 16.5. The van der Waals surface area contributed by atoms with Crippen LogP contribution < -0.4 is 5.32 Å². The Balaban J connectivity index is 1.99. The monoisotopic (exact) mass is 259 g/mol. The van der Waals surface area contributed by atoms with Crippen molar-refractivity contribution in [1.82, 2.24) is 20.1 Å². The molecule has 19 heavy (non-hydrogen) atoms. The topological polar surface area (TPSA) is 88.9 Å². The van der Waals surface area contributed by atoms with Gasteiger partial charge in [0.1, 0.15) is 18.1 Å². The fourth-order valence-electron chi connectivity index (χ4n) is 1.79. The average molecular weight is 259 g/mol. The molecule has 3 rings (SSSR count). The van der Waals surface area contributed by atoms with Crippen LogP contribution in [0.5, 0.6) is 0 Å². The van der Waals surface area contributed by atoms with E-state index < -0.39 is 0 Å². The lowest BCUT2D eigenvalue weighted by atomic mass is 10.3. The maximum absolute atomic E-state index is 5.13. The number of imidazole rings is 1. The first-order valence-corrected chi connectivity index (χ1v) is 5.79. The number of aromatic amines is 1. The molecule has 0 radical (unpaired) electrons. The number of hydrogen-bond donors (Lipinski definition) is 2. The SMILES string of the molecule is CNc1ccc2[nH]c(-c3cc(COC)on3)nc2n1. The van der Waals surface area contributed by atoms with Crippen molar-refractivity contribution in [2.24, 2.45) is 0 Å². The van der Waals surface area contributed by atoms with Crippen molar-refractivity contribution in [2.45, 2.75) is 6.61 Å². The number of ether oxygens (including phenoxy) is 1. The minimum absolute atomic E-state index is 0.384. The molecule has 7 nitrogen and oxygen atoms in total. The summed E-state index contributed by atoms with van der Waals surface area (Å²) in [6, 6.07) is 5.59. The first kappa shape index (κ1) is 11.7. The first-order valence-electron chi connectivity index (χ1n) is 5.79. The molecule has 0 saturated carbocycles. The maximum Gasteiger partial charge on any atom is 0.180 e. The van der Waals surface area contributed by atoms with Gasteiger partial charge in [0.15, 0.2) is 17.2 Å². The van der Waals surface area contributed by atoms with Crippen LogP contribution in [0.1, 0.15) is 5.76 Å². The lowest BCUT2D eigenvalue weighted by molar-refractivity contribution is 0.156. The van der Waals surface area contributed by atoms with Gasteiger partial charge in [-0.15, -0.1) is 0 Å². The molecule has 0 aliphatic heterocycles. The molecule has 3 aromatic rings. The molecule has 3 heterocycles. The highest BCUT2D eigenvalue weighted by molar-refractivity contribution is 5.76. The van der Waals surface area contributed by atoms with E-state index in [-0.39, 0.29) is 0 Å². The number of hydrogen-bond acceptors (Lipinski definition) is 6. The number of nitrogens with zero attached hydrogens (tertiary/aromatic N) is 3. The second kappa shape index (κ2) is 4.69. The highest BCUT2D eigenvalue weighted by Gasteiger charge is 2.11. The second-order valence-electron chi connectivity index (χ2n) is 4.01. The van der Waals surface area contributed by atoms with Gasteiger partial charge in [0.25, 0.3) is 0 Å². The Morgan fingerprint density at radius 2 is 2.26 bits per heavy atom. The van der Waals surface area contributed by atoms with Gasteiger partial charge in [0.2, 0.25) is 0 Å². The van der Waals surface area contributed by atoms with Crippen molar-refractivity contribution in [1.29, 1.82) is 0 Å². The molecular formula is C12H13N5O2. The number of rotatable bonds is 4. The summed E-state index contributed by atoms with van der Waals surface area (Å²) in [6.07, 6.45) is 0. The van der Waals surface area contributed by atoms with Crippen LogP contribution in [0.4, 0.5) is 5.82 Å². The third-order valence-electron chi connectivity index (χ3n) is 2.69. The molecule has 0 fully saturated rings. The van der Waals surface area contributed by atoms with Gasteiger partial charge in [-0.25, -0.2) is 9.97 Å². The average Bonchev–Trinajstić information content (AvgIpc) is 3.03. The van der Waals surface area contributed by atoms with Crippen LogP contribution in [-0.4, -0.2) is 34.3 Å². The molecule has 0 unspecified atom stereocenters. The number of pyridine rings is 1. The Hall–Kier alpha value is -2.41. The number of anilines is 1. The fourth-order valence-corrected chi connectivity index (χ4v) is 1.79. The van der Waals surface area contributed by atoms with Gasteiger partial charge in [-0.05, 0) is 12.1 Å². The van der Waals surface area contributed by atoms with E-state index in [2.05, 4.69) is 25.4 Å². The quantitative estimate of drug-likeness (QED) is 0.742. The summed E-state index contributed by atoms with van der Waals surface area (Å²) >= 11 is 0. The summed E-state index contributed by atoms with van der Waals surface area (Å²) in [4.78, 5) is 11.9. The van der Waals surface area contributed by atoms with E-state index in [9.17, 15) is 0 Å². The number of aromatic nitrogens is 4. The van der Waals surface area contributed by atoms with Gasteiger partial charge >= 0.3 is 0 Å². The van der Waals surface area contributed by atoms with Gasteiger partial charge < -0.3 is 19.6 Å². The molecule has 7 heteroatoms. The number of methoxy groups -OCH3 is 1. The van der Waals surface area contributed by atoms with Gasteiger partial charge in [-0.1, -0.05) is 5.16 Å². The number of nitrogens with one attached hydrogen (secondary N) is 2. The third-order valence-corrected chi connectivity index (χ3v) is 2.69. The van der Waals surface area contributed by atoms with E-state index in [0.29, 0.717) is 29.5 Å². The summed E-state index contributed by atoms with van der Waals surface area (Å²) in [5, 5.41) is 6.92. The van der Waals surface area contributed by atoms with Crippen molar-refractivity contribution in [3.05, 3.63) is 24.0 Å². The van der Waals surface area contributed by atoms with E-state index in [0.717, 1.165) is 11.3 Å². The van der Waals surface area contributed by atoms with Crippen LogP contribution in [-0.2, 0) is 11.3 Å². The molecule has 0 aromatic carbocycles. The predicted molar refractivity (Wildman–Crippen MR) is 69.6 cm³/mol. The summed E-state index contributed by atoms with van der Waals surface area (Å²) < 4.78 is 10.1. The molecule has 0 amide bonds. The minimum atomic E-state index is 0.384. The summed E-state index contributed by atoms with van der Waals surface area (Å²) in [6.45, 7) is 0.384. The smallest absolute Gasteiger partial charge is 0.180 e. The lowest BCUT2D eigenvalue weighted by Gasteiger charge is -1.95. The first-order chi connectivity index (χ1) is 9.30. The van der Waals surface area contributed by atoms with Crippen molar-refractivity contribution in [2.75, 3.05) is 19.5 Å². The van der Waals surface area contributed by atoms with Crippen LogP contribution in [0.15, 0.2) is 22.7 Å². The summed E-state index contributed by atoms with van der Waals surface area (Å²) in [5.41, 5.74) is 2.12. The zero-order chi connectivity index (χ0) is 13.2. The van der Waals surface area contributed by atoms with E-state index in [1.165, 1.54) is 0 Å². The second-order valence-corrected chi connectivity index (χ2v) is 4.01. The van der Waals surface area contributed by atoms with Crippen LogP contribution in [0, 0.1) is 0 Å². The molecule has 0 saturated heterocycles. The largest absolute Gasteiger partial charge is 0.377 e. The lowest BCUT2D eigenvalue weighted by Crippen LogP contribution is -1.91. The van der Waals surface area contributed by atoms with E-state index in [1.807, 2.05) is 19.2 Å². The van der Waals surface area contributed by atoms with Crippen molar-refractivity contribution >= 4 is 17.0 Å². The van der Waals surface area contributed by atoms with Gasteiger partial charge in [-0.3, -0.25) is 0 Å². The Bertz CT molecular complexity index is 703. The molecule has 0 aliphatic rings. The van der Waals surface area contributed by atoms with Gasteiger partial charge in [0, 0.05) is 20.2 Å². The Labute approximate surface area is 109 Å². The van der Waals surface area contributed by atoms with Gasteiger partial charge in [-0.2, -0.15) is 0 Å². The molecule has 0 spiro atoms. The van der Waals surface area contributed by atoms with Crippen LogP contribution in [0.2, 0.25) is 0 Å². The Morgan fingerprint density at radius 1 is 1.37 bits per heavy atom. The Kier molecular flexibility index (Phi) is 2.88. The molecule has 98 valence electrons. The van der Waals surface area contributed by atoms with Crippen molar-refractivity contribution in [3.63, 3.8) is 0 Å². The van der Waals surface area contributed by atoms with Gasteiger partial charge in [0.05, 0.1) is 5.52 Å². The predicted octanol–water partition coefficient (Wildman–Crippen LogP) is 1.80. The van der Waals surface area contributed by atoms with Crippen LogP contribution >= 0.6 is 0 Å². The molecule has 0 bridgehead atoms. The van der Waals surface area contributed by atoms with Crippen LogP contribution in [0.25, 0.3) is 22.7 Å². The molecule has 3 aromatic heterocycles. The van der Waals surface area contributed by atoms with Crippen LogP contribution in [0.3, 0.4) is 0 Å². The summed E-state index contributed by atoms with van der Waals surface area (Å²) in [5.74, 6) is 2.05. The molecule has 0 aliphatic carbocycles. The standard InChI is InChI=1S/C12H13N5O2/c1-13-10-4-3-8-11(15-10)16-12(14-8)9-5-7(6-18-2)19-17-9/h3-5H,6H2,1-2H3,(H2,13,14,15,16). The zero-order valence-corrected chi connectivity index (χ0v) is 10.6. The highest BCUT2D eigenvalue weighted by Crippen LogP contribution is 2.20. The minimum Gasteiger partial charge on any atom is -0.377 e. The molecule has 0 atom stereocenters. The van der Waals surface area contributed by atoms with E-state index >= 15 is 0 Å². The fraction of sp³-hybridized carbons (Fsp3) is 0.250. The zero-order valence-electron chi connectivity index (χ0n) is 10.6. The van der Waals surface area contributed by atoms with E-state index in [1.54, 1.807) is 13.2 Å². The molecule has 2 N–H and O–H groups in total.